The summed E-state index contributed by atoms with van der Waals surface area (Å²) in [7, 11) is -3.76. The van der Waals surface area contributed by atoms with Crippen LogP contribution >= 0.6 is 0 Å². The molecule has 0 bridgehead atoms. The van der Waals surface area contributed by atoms with E-state index in [1.807, 2.05) is 4.90 Å². The number of rotatable bonds is 4. The van der Waals surface area contributed by atoms with Crippen molar-refractivity contribution in [2.24, 2.45) is 0 Å². The van der Waals surface area contributed by atoms with E-state index in [-0.39, 0.29) is 30.2 Å². The fraction of sp³-hybridized carbons (Fsp3) is 0.300. The fourth-order valence-electron chi connectivity index (χ4n) is 3.70. The van der Waals surface area contributed by atoms with Crippen molar-refractivity contribution in [2.45, 2.75) is 11.3 Å². The molecule has 2 heterocycles. The van der Waals surface area contributed by atoms with E-state index in [2.05, 4.69) is 0 Å². The Kier molecular flexibility index (Phi) is 5.39. The minimum Gasteiger partial charge on any atom is -0.291 e. The lowest BCUT2D eigenvalue weighted by molar-refractivity contribution is -0.114. The van der Waals surface area contributed by atoms with Gasteiger partial charge in [-0.3, -0.25) is 19.4 Å². The molecule has 0 atom stereocenters. The number of benzene rings is 2. The van der Waals surface area contributed by atoms with Crippen molar-refractivity contribution in [1.82, 2.24) is 9.21 Å². The molecule has 30 heavy (non-hydrogen) atoms. The lowest BCUT2D eigenvalue weighted by Crippen LogP contribution is -2.43. The monoisotopic (exact) mass is 435 g/mol. The molecular weight excluding hydrogens is 416 g/mol. The van der Waals surface area contributed by atoms with Crippen molar-refractivity contribution in [3.63, 3.8) is 0 Å². The molecule has 10 heteroatoms. The van der Waals surface area contributed by atoms with Crippen LogP contribution in [0.1, 0.15) is 16.8 Å². The quantitative estimate of drug-likeness (QED) is 0.685. The van der Waals surface area contributed by atoms with E-state index >= 15 is 0 Å². The van der Waals surface area contributed by atoms with Crippen LogP contribution in [0.4, 0.5) is 14.5 Å². The van der Waals surface area contributed by atoms with E-state index < -0.39 is 33.3 Å². The van der Waals surface area contributed by atoms with Crippen molar-refractivity contribution >= 4 is 27.4 Å². The van der Waals surface area contributed by atoms with Crippen molar-refractivity contribution in [3.8, 4) is 0 Å². The van der Waals surface area contributed by atoms with Crippen LogP contribution in [-0.2, 0) is 14.8 Å². The second-order valence-electron chi connectivity index (χ2n) is 7.19. The van der Waals surface area contributed by atoms with E-state index in [0.717, 1.165) is 18.2 Å². The van der Waals surface area contributed by atoms with Gasteiger partial charge >= 0.3 is 5.91 Å². The number of hydrogen-bond donors (Lipinski definition) is 0. The molecule has 0 radical (unpaired) electrons. The van der Waals surface area contributed by atoms with Crippen molar-refractivity contribution < 1.29 is 26.8 Å². The van der Waals surface area contributed by atoms with Gasteiger partial charge in [0.15, 0.2) is 0 Å². The average Bonchev–Trinajstić information content (AvgIpc) is 2.88. The van der Waals surface area contributed by atoms with Crippen LogP contribution in [0.15, 0.2) is 47.4 Å². The number of carbonyl (C=O) groups excluding carboxylic acids is 2. The number of sulfonamides is 1. The first kappa shape index (κ1) is 20.6. The minimum atomic E-state index is -3.76. The van der Waals surface area contributed by atoms with Gasteiger partial charge in [-0.2, -0.15) is 4.31 Å². The largest absolute Gasteiger partial charge is 0.300 e. The van der Waals surface area contributed by atoms with Crippen LogP contribution < -0.4 is 4.90 Å². The van der Waals surface area contributed by atoms with E-state index in [1.54, 1.807) is 0 Å². The Hall–Kier alpha value is -2.69. The van der Waals surface area contributed by atoms with Gasteiger partial charge in [0.1, 0.15) is 11.6 Å². The maximum absolute atomic E-state index is 13.4. The normalized spacial score (nSPS) is 18.5. The first-order valence-corrected chi connectivity index (χ1v) is 10.9. The zero-order valence-electron chi connectivity index (χ0n) is 15.9. The van der Waals surface area contributed by atoms with Crippen molar-refractivity contribution in [1.29, 1.82) is 0 Å². The Morgan fingerprint density at radius 3 is 2.30 bits per heavy atom. The number of ketones is 1. The van der Waals surface area contributed by atoms with Crippen molar-refractivity contribution in [2.75, 3.05) is 37.7 Å². The molecule has 158 valence electrons. The molecular formula is C20H19F2N3O4S. The highest BCUT2D eigenvalue weighted by molar-refractivity contribution is 7.89. The third kappa shape index (κ3) is 3.73. The Morgan fingerprint density at radius 1 is 0.867 bits per heavy atom. The number of amides is 1. The van der Waals surface area contributed by atoms with Crippen LogP contribution in [0.25, 0.3) is 0 Å². The van der Waals surface area contributed by atoms with E-state index in [4.69, 9.17) is 0 Å². The molecule has 1 amide bonds. The molecule has 7 nitrogen and oxygen atoms in total. The molecule has 0 aromatic heterocycles. The third-order valence-electron chi connectivity index (χ3n) is 5.27. The molecule has 1 saturated heterocycles. The average molecular weight is 435 g/mol. The molecule has 1 fully saturated rings. The zero-order chi connectivity index (χ0) is 21.5. The highest BCUT2D eigenvalue weighted by Crippen LogP contribution is 2.30. The van der Waals surface area contributed by atoms with Gasteiger partial charge in [0.25, 0.3) is 5.78 Å². The highest BCUT2D eigenvalue weighted by atomic mass is 32.2. The van der Waals surface area contributed by atoms with E-state index in [1.165, 1.54) is 33.5 Å². The predicted octanol–water partition coefficient (Wildman–Crippen LogP) is 1.85. The fourth-order valence-corrected chi connectivity index (χ4v) is 5.17. The number of hydrogen-bond acceptors (Lipinski definition) is 5. The number of nitrogens with zero attached hydrogens (tertiary/aromatic N) is 3. The molecule has 0 unspecified atom stereocenters. The summed E-state index contributed by atoms with van der Waals surface area (Å²) >= 11 is 0. The number of halogens is 2. The third-order valence-corrected chi connectivity index (χ3v) is 7.19. The topological polar surface area (TPSA) is 78.0 Å². The van der Waals surface area contributed by atoms with Crippen LogP contribution in [0.3, 0.4) is 0 Å². The van der Waals surface area contributed by atoms with Gasteiger partial charge in [0.2, 0.25) is 10.0 Å². The summed E-state index contributed by atoms with van der Waals surface area (Å²) < 4.78 is 53.6. The molecule has 0 saturated carbocycles. The lowest BCUT2D eigenvalue weighted by Gasteiger charge is -2.26. The Bertz CT molecular complexity index is 1110. The Morgan fingerprint density at radius 2 is 1.57 bits per heavy atom. The first-order valence-electron chi connectivity index (χ1n) is 9.41. The molecule has 2 aromatic rings. The van der Waals surface area contributed by atoms with Gasteiger partial charge in [0, 0.05) is 26.2 Å². The van der Waals surface area contributed by atoms with E-state index in [0.29, 0.717) is 25.2 Å². The Balaban J connectivity index is 1.47. The maximum atomic E-state index is 13.4. The van der Waals surface area contributed by atoms with Gasteiger partial charge in [0.05, 0.1) is 22.8 Å². The molecule has 0 aliphatic carbocycles. The van der Waals surface area contributed by atoms with Gasteiger partial charge < -0.3 is 0 Å². The number of fused-ring (bicyclic) bond motifs is 1. The van der Waals surface area contributed by atoms with Crippen LogP contribution in [0.5, 0.6) is 0 Å². The molecule has 0 spiro atoms. The first-order chi connectivity index (χ1) is 14.3. The van der Waals surface area contributed by atoms with Gasteiger partial charge in [-0.1, -0.05) is 0 Å². The summed E-state index contributed by atoms with van der Waals surface area (Å²) in [6.45, 7) is 1.43. The number of anilines is 1. The van der Waals surface area contributed by atoms with Gasteiger partial charge in [-0.05, 0) is 48.9 Å². The summed E-state index contributed by atoms with van der Waals surface area (Å²) in [5.74, 6) is -2.58. The lowest BCUT2D eigenvalue weighted by atomic mass is 10.1. The minimum absolute atomic E-state index is 0.0219. The van der Waals surface area contributed by atoms with E-state index in [9.17, 15) is 26.8 Å². The SMILES string of the molecule is O=C1C(=O)N(CN2CCCN(S(=O)(=O)c3ccc(F)cc3)CC2)c2ccc(F)cc21. The summed E-state index contributed by atoms with van der Waals surface area (Å²) in [6, 6.07) is 8.32. The maximum Gasteiger partial charge on any atom is 0.300 e. The van der Waals surface area contributed by atoms with Gasteiger partial charge in [-0.25, -0.2) is 17.2 Å². The van der Waals surface area contributed by atoms with Gasteiger partial charge in [-0.15, -0.1) is 0 Å². The smallest absolute Gasteiger partial charge is 0.291 e. The zero-order valence-corrected chi connectivity index (χ0v) is 16.7. The standard InChI is InChI=1S/C20H19F2N3O4S/c21-14-2-5-16(6-3-14)30(28,29)24-9-1-8-23(10-11-24)13-25-18-7-4-15(22)12-17(18)19(26)20(25)27/h2-7,12H,1,8-11,13H2. The molecule has 0 N–H and O–H groups in total. The summed E-state index contributed by atoms with van der Waals surface area (Å²) in [5, 5.41) is 0. The van der Waals surface area contributed by atoms with Crippen LogP contribution in [-0.4, -0.2) is 62.2 Å². The number of Topliss-reactive ketones (excluding diaryl/α,β-unsaturated/α-hetero) is 1. The van der Waals surface area contributed by atoms with Crippen molar-refractivity contribution in [3.05, 3.63) is 59.7 Å². The summed E-state index contributed by atoms with van der Waals surface area (Å²) in [6.07, 6.45) is 0.521. The Labute approximate surface area is 172 Å². The second kappa shape index (κ2) is 7.86. The number of carbonyl (C=O) groups is 2. The highest BCUT2D eigenvalue weighted by Gasteiger charge is 2.37. The molecule has 2 aliphatic rings. The second-order valence-corrected chi connectivity index (χ2v) is 9.13. The predicted molar refractivity (Wildman–Crippen MR) is 104 cm³/mol. The summed E-state index contributed by atoms with van der Waals surface area (Å²) in [4.78, 5) is 27.7. The summed E-state index contributed by atoms with van der Waals surface area (Å²) in [5.41, 5.74) is 0.391. The van der Waals surface area contributed by atoms with Crippen LogP contribution in [0, 0.1) is 11.6 Å². The van der Waals surface area contributed by atoms with Crippen LogP contribution in [0.2, 0.25) is 0 Å². The molecule has 2 aliphatic heterocycles. The molecule has 4 rings (SSSR count). The molecule has 2 aromatic carbocycles.